The molecule has 0 N–H and O–H groups in total. The average molecular weight is 562 g/mol. The standard InChI is InChI=1S/C28H27F4N3O3S/c1-39-15-34-23-19(8-5-9-21(23)29)22(17-6-3-2-4-7-17)33-24(27(34)38)35-25(36)18(12-13-28(30,31)32)20(26(35)37)14-16-10-11-16/h2-9,16,18,20,24H,10-15H2,1H3/t18-,20+,24+/m1/s1. The molecule has 0 unspecified atom stereocenters. The van der Waals surface area contributed by atoms with Crippen LogP contribution in [0.25, 0.3) is 0 Å². The number of imide groups is 1. The maximum atomic E-state index is 15.3. The first-order valence-electron chi connectivity index (χ1n) is 12.8. The SMILES string of the molecule is CSCN1C(=O)[C@H](N2C(=O)[C@@H](CC3CC3)[C@@H](CCC(F)(F)F)C2=O)N=C(c2ccccc2)c2cccc(F)c21. The topological polar surface area (TPSA) is 70.1 Å². The summed E-state index contributed by atoms with van der Waals surface area (Å²) in [6, 6.07) is 13.0. The van der Waals surface area contributed by atoms with E-state index in [1.165, 1.54) is 28.8 Å². The Morgan fingerprint density at radius 2 is 1.64 bits per heavy atom. The van der Waals surface area contributed by atoms with E-state index in [0.717, 1.165) is 17.7 Å². The predicted octanol–water partition coefficient (Wildman–Crippen LogP) is 5.40. The van der Waals surface area contributed by atoms with Gasteiger partial charge in [0, 0.05) is 17.5 Å². The van der Waals surface area contributed by atoms with Crippen molar-refractivity contribution >= 4 is 40.9 Å². The first-order valence-corrected chi connectivity index (χ1v) is 14.2. The van der Waals surface area contributed by atoms with Crippen LogP contribution in [0, 0.1) is 23.6 Å². The first kappa shape index (κ1) is 27.4. The van der Waals surface area contributed by atoms with Crippen LogP contribution in [0.2, 0.25) is 0 Å². The van der Waals surface area contributed by atoms with E-state index < -0.39 is 60.6 Å². The van der Waals surface area contributed by atoms with Crippen LogP contribution in [0.4, 0.5) is 23.2 Å². The number of para-hydroxylation sites is 1. The Morgan fingerprint density at radius 3 is 2.28 bits per heavy atom. The fourth-order valence-electron chi connectivity index (χ4n) is 5.40. The molecule has 0 aromatic heterocycles. The van der Waals surface area contributed by atoms with Crippen LogP contribution >= 0.6 is 11.8 Å². The fraction of sp³-hybridized carbons (Fsp3) is 0.429. The molecular weight excluding hydrogens is 534 g/mol. The molecule has 5 rings (SSSR count). The maximum Gasteiger partial charge on any atom is 0.389 e. The van der Waals surface area contributed by atoms with Crippen molar-refractivity contribution in [2.45, 2.75) is 44.4 Å². The van der Waals surface area contributed by atoms with Crippen LogP contribution in [0.3, 0.4) is 0 Å². The van der Waals surface area contributed by atoms with Gasteiger partial charge in [0.1, 0.15) is 5.82 Å². The fourth-order valence-corrected chi connectivity index (χ4v) is 5.92. The number of hydrogen-bond acceptors (Lipinski definition) is 5. The van der Waals surface area contributed by atoms with E-state index in [4.69, 9.17) is 0 Å². The quantitative estimate of drug-likeness (QED) is 0.320. The molecule has 2 aliphatic heterocycles. The van der Waals surface area contributed by atoms with Crippen LogP contribution in [0.5, 0.6) is 0 Å². The van der Waals surface area contributed by atoms with E-state index in [0.29, 0.717) is 17.5 Å². The maximum absolute atomic E-state index is 15.3. The monoisotopic (exact) mass is 561 g/mol. The summed E-state index contributed by atoms with van der Waals surface area (Å²) >= 11 is 1.24. The van der Waals surface area contributed by atoms with Crippen LogP contribution in [-0.4, -0.2) is 52.8 Å². The molecule has 0 spiro atoms. The van der Waals surface area contributed by atoms with Crippen molar-refractivity contribution in [3.63, 3.8) is 0 Å². The summed E-state index contributed by atoms with van der Waals surface area (Å²) in [5.74, 6) is -4.95. The molecule has 11 heteroatoms. The zero-order chi connectivity index (χ0) is 27.9. The second-order valence-corrected chi connectivity index (χ2v) is 11.0. The third-order valence-corrected chi connectivity index (χ3v) is 7.93. The number of amides is 3. The number of carbonyl (C=O) groups is 3. The second kappa shape index (κ2) is 10.7. The van der Waals surface area contributed by atoms with Crippen molar-refractivity contribution in [3.05, 3.63) is 65.5 Å². The summed E-state index contributed by atoms with van der Waals surface area (Å²) in [6.45, 7) is 0. The number of carbonyl (C=O) groups excluding carboxylic acids is 3. The van der Waals surface area contributed by atoms with E-state index in [1.54, 1.807) is 42.7 Å². The number of halogens is 4. The second-order valence-electron chi connectivity index (χ2n) is 10.1. The molecule has 0 radical (unpaired) electrons. The lowest BCUT2D eigenvalue weighted by atomic mass is 9.86. The average Bonchev–Trinajstić information content (AvgIpc) is 3.70. The van der Waals surface area contributed by atoms with Gasteiger partial charge in [-0.15, -0.1) is 11.8 Å². The number of benzene rings is 2. The Balaban J connectivity index is 1.62. The third kappa shape index (κ3) is 5.46. The predicted molar refractivity (Wildman–Crippen MR) is 140 cm³/mol. The summed E-state index contributed by atoms with van der Waals surface area (Å²) in [5.41, 5.74) is 1.04. The number of alkyl halides is 3. The molecule has 6 nitrogen and oxygen atoms in total. The van der Waals surface area contributed by atoms with Crippen molar-refractivity contribution in [2.75, 3.05) is 17.0 Å². The lowest BCUT2D eigenvalue weighted by Gasteiger charge is -2.28. The van der Waals surface area contributed by atoms with Crippen molar-refractivity contribution in [1.29, 1.82) is 0 Å². The van der Waals surface area contributed by atoms with E-state index in [2.05, 4.69) is 4.99 Å². The highest BCUT2D eigenvalue weighted by Gasteiger charge is 2.54. The van der Waals surface area contributed by atoms with Gasteiger partial charge in [0.25, 0.3) is 5.91 Å². The highest BCUT2D eigenvalue weighted by atomic mass is 32.2. The molecule has 3 aliphatic rings. The molecule has 2 aromatic rings. The van der Waals surface area contributed by atoms with E-state index in [1.807, 2.05) is 0 Å². The van der Waals surface area contributed by atoms with Crippen LogP contribution in [0.15, 0.2) is 53.5 Å². The number of hydrogen-bond donors (Lipinski definition) is 0. The van der Waals surface area contributed by atoms with Gasteiger partial charge in [0.15, 0.2) is 0 Å². The number of likely N-dealkylation sites (tertiary alicyclic amines) is 1. The third-order valence-electron chi connectivity index (χ3n) is 7.42. The molecule has 3 atom stereocenters. The zero-order valence-corrected chi connectivity index (χ0v) is 22.0. The smallest absolute Gasteiger partial charge is 0.296 e. The minimum absolute atomic E-state index is 0.0140. The summed E-state index contributed by atoms with van der Waals surface area (Å²) in [6.07, 6.45) is -4.21. The molecule has 1 saturated heterocycles. The van der Waals surface area contributed by atoms with Crippen molar-refractivity contribution < 1.29 is 31.9 Å². The molecule has 2 aromatic carbocycles. The van der Waals surface area contributed by atoms with Crippen molar-refractivity contribution in [3.8, 4) is 0 Å². The Morgan fingerprint density at radius 1 is 0.949 bits per heavy atom. The Hall–Kier alpha value is -3.21. The lowest BCUT2D eigenvalue weighted by molar-refractivity contribution is -0.148. The van der Waals surface area contributed by atoms with Crippen molar-refractivity contribution in [1.82, 2.24) is 4.90 Å². The highest BCUT2D eigenvalue weighted by Crippen LogP contribution is 2.44. The number of thioether (sulfide) groups is 1. The van der Waals surface area contributed by atoms with E-state index in [9.17, 15) is 27.6 Å². The van der Waals surface area contributed by atoms with Gasteiger partial charge in [-0.05, 0) is 31.1 Å². The largest absolute Gasteiger partial charge is 0.389 e. The Kier molecular flexibility index (Phi) is 7.54. The molecule has 39 heavy (non-hydrogen) atoms. The van der Waals surface area contributed by atoms with Crippen LogP contribution < -0.4 is 4.90 Å². The number of nitrogens with zero attached hydrogens (tertiary/aromatic N) is 3. The van der Waals surface area contributed by atoms with E-state index in [-0.39, 0.29) is 23.2 Å². The van der Waals surface area contributed by atoms with Gasteiger partial charge in [0.05, 0.1) is 29.1 Å². The van der Waals surface area contributed by atoms with Gasteiger partial charge in [-0.3, -0.25) is 19.3 Å². The minimum atomic E-state index is -4.49. The molecule has 2 heterocycles. The van der Waals surface area contributed by atoms with Crippen LogP contribution in [0.1, 0.15) is 43.2 Å². The van der Waals surface area contributed by atoms with Gasteiger partial charge in [0.2, 0.25) is 18.0 Å². The molecule has 1 saturated carbocycles. The first-order chi connectivity index (χ1) is 18.6. The molecule has 0 bridgehead atoms. The molecule has 2 fully saturated rings. The summed E-state index contributed by atoms with van der Waals surface area (Å²) in [7, 11) is 0. The van der Waals surface area contributed by atoms with Crippen molar-refractivity contribution in [2.24, 2.45) is 22.7 Å². The Labute approximate surface area is 227 Å². The van der Waals surface area contributed by atoms with Gasteiger partial charge in [-0.25, -0.2) is 14.3 Å². The number of rotatable bonds is 8. The van der Waals surface area contributed by atoms with Gasteiger partial charge < -0.3 is 0 Å². The molecule has 1 aliphatic carbocycles. The van der Waals surface area contributed by atoms with Gasteiger partial charge in [-0.1, -0.05) is 55.3 Å². The lowest BCUT2D eigenvalue weighted by Crippen LogP contribution is -2.50. The highest BCUT2D eigenvalue weighted by molar-refractivity contribution is 7.98. The molecule has 206 valence electrons. The minimum Gasteiger partial charge on any atom is -0.296 e. The molecular formula is C28H27F4N3O3S. The van der Waals surface area contributed by atoms with Crippen LogP contribution in [-0.2, 0) is 14.4 Å². The van der Waals surface area contributed by atoms with E-state index >= 15 is 4.39 Å². The summed E-state index contributed by atoms with van der Waals surface area (Å²) in [4.78, 5) is 47.9. The normalized spacial score (nSPS) is 23.7. The number of benzodiazepines with no additional fused rings is 1. The number of aliphatic imine (C=N–C) groups is 1. The summed E-state index contributed by atoms with van der Waals surface area (Å²) in [5, 5.41) is 0. The molecule has 3 amide bonds. The number of anilines is 1. The zero-order valence-electron chi connectivity index (χ0n) is 21.2. The summed E-state index contributed by atoms with van der Waals surface area (Å²) < 4.78 is 54.7. The van der Waals surface area contributed by atoms with Gasteiger partial charge in [-0.2, -0.15) is 13.2 Å². The Bertz CT molecular complexity index is 1310. The van der Waals surface area contributed by atoms with Gasteiger partial charge >= 0.3 is 6.18 Å². The number of fused-ring (bicyclic) bond motifs is 1.